The molecule has 1 aromatic heterocycles. The molecule has 2 aromatic rings. The second-order valence-electron chi connectivity index (χ2n) is 4.77. The molecule has 0 aliphatic carbocycles. The second-order valence-corrected chi connectivity index (χ2v) is 4.77. The van der Waals surface area contributed by atoms with E-state index in [9.17, 15) is 18.3 Å². The second kappa shape index (κ2) is 6.21. The number of aryl methyl sites for hydroxylation is 2. The van der Waals surface area contributed by atoms with Gasteiger partial charge in [0.15, 0.2) is 11.5 Å². The van der Waals surface area contributed by atoms with Gasteiger partial charge in [-0.1, -0.05) is 13.3 Å². The lowest BCUT2D eigenvalue weighted by atomic mass is 10.0. The minimum atomic E-state index is -4.87. The molecule has 0 fully saturated rings. The van der Waals surface area contributed by atoms with E-state index in [0.29, 0.717) is 23.5 Å². The normalized spacial score (nSPS) is 11.5. The van der Waals surface area contributed by atoms with Gasteiger partial charge < -0.3 is 9.84 Å². The van der Waals surface area contributed by atoms with E-state index in [1.165, 1.54) is 6.07 Å². The lowest BCUT2D eigenvalue weighted by molar-refractivity contribution is -0.275. The first-order chi connectivity index (χ1) is 10.3. The summed E-state index contributed by atoms with van der Waals surface area (Å²) >= 11 is 0. The van der Waals surface area contributed by atoms with Crippen molar-refractivity contribution in [2.45, 2.75) is 33.1 Å². The van der Waals surface area contributed by atoms with Crippen LogP contribution in [-0.2, 0) is 6.42 Å². The van der Waals surface area contributed by atoms with Gasteiger partial charge >= 0.3 is 6.36 Å². The van der Waals surface area contributed by atoms with E-state index in [1.54, 1.807) is 13.1 Å². The molecule has 0 amide bonds. The molecule has 0 spiro atoms. The van der Waals surface area contributed by atoms with Crippen molar-refractivity contribution in [1.82, 2.24) is 9.97 Å². The average Bonchev–Trinajstić information content (AvgIpc) is 2.42. The van der Waals surface area contributed by atoms with Crippen LogP contribution in [0.2, 0.25) is 0 Å². The lowest BCUT2D eigenvalue weighted by Crippen LogP contribution is -2.17. The number of phenolic OH excluding ortho intramolecular Hbond substituents is 1. The van der Waals surface area contributed by atoms with Crippen molar-refractivity contribution in [3.8, 4) is 22.8 Å². The van der Waals surface area contributed by atoms with Crippen LogP contribution in [0, 0.1) is 6.92 Å². The number of hydrogen-bond donors (Lipinski definition) is 1. The predicted molar refractivity (Wildman–Crippen MR) is 74.5 cm³/mol. The molecule has 1 heterocycles. The summed E-state index contributed by atoms with van der Waals surface area (Å²) in [4.78, 5) is 8.41. The first-order valence-corrected chi connectivity index (χ1v) is 6.72. The summed E-state index contributed by atoms with van der Waals surface area (Å²) in [6.07, 6.45) is -1.66. The van der Waals surface area contributed by atoms with Crippen LogP contribution in [0.5, 0.6) is 11.5 Å². The van der Waals surface area contributed by atoms with Crippen molar-refractivity contribution in [1.29, 1.82) is 0 Å². The third-order valence-electron chi connectivity index (χ3n) is 2.96. The van der Waals surface area contributed by atoms with Crippen molar-refractivity contribution in [2.24, 2.45) is 0 Å². The summed E-state index contributed by atoms with van der Waals surface area (Å²) in [5, 5.41) is 9.51. The van der Waals surface area contributed by atoms with Crippen LogP contribution in [-0.4, -0.2) is 21.4 Å². The third-order valence-corrected chi connectivity index (χ3v) is 2.96. The van der Waals surface area contributed by atoms with Crippen LogP contribution in [0.1, 0.15) is 24.7 Å². The highest BCUT2D eigenvalue weighted by Gasteiger charge is 2.32. The number of nitrogens with zero attached hydrogens (tertiary/aromatic N) is 2. The van der Waals surface area contributed by atoms with Crippen molar-refractivity contribution in [3.05, 3.63) is 35.8 Å². The predicted octanol–water partition coefficient (Wildman–Crippen LogP) is 4.01. The van der Waals surface area contributed by atoms with Crippen molar-refractivity contribution in [3.63, 3.8) is 0 Å². The summed E-state index contributed by atoms with van der Waals surface area (Å²) in [5.74, 6) is -0.714. The highest BCUT2D eigenvalue weighted by Crippen LogP contribution is 2.35. The fourth-order valence-corrected chi connectivity index (χ4v) is 2.07. The van der Waals surface area contributed by atoms with Gasteiger partial charge in [-0.25, -0.2) is 9.97 Å². The van der Waals surface area contributed by atoms with Gasteiger partial charge in [0.05, 0.1) is 5.69 Å². The molecule has 0 saturated heterocycles. The maximum Gasteiger partial charge on any atom is 0.573 e. The summed E-state index contributed by atoms with van der Waals surface area (Å²) < 4.78 is 40.9. The van der Waals surface area contributed by atoms with E-state index < -0.39 is 17.9 Å². The zero-order chi connectivity index (χ0) is 16.3. The molecule has 0 saturated carbocycles. The molecule has 0 radical (unpaired) electrons. The van der Waals surface area contributed by atoms with Gasteiger partial charge in [-0.15, -0.1) is 13.2 Å². The zero-order valence-corrected chi connectivity index (χ0v) is 12.1. The molecular formula is C15H15F3N2O2. The molecule has 22 heavy (non-hydrogen) atoms. The highest BCUT2D eigenvalue weighted by atomic mass is 19.4. The van der Waals surface area contributed by atoms with Crippen LogP contribution in [0.3, 0.4) is 0 Å². The first kappa shape index (κ1) is 16.1. The molecule has 0 aliphatic rings. The first-order valence-electron chi connectivity index (χ1n) is 6.72. The van der Waals surface area contributed by atoms with Gasteiger partial charge in [-0.05, 0) is 37.1 Å². The molecule has 0 aliphatic heterocycles. The molecule has 0 bridgehead atoms. The molecule has 4 nitrogen and oxygen atoms in total. The number of rotatable bonds is 4. The Labute approximate surface area is 125 Å². The van der Waals surface area contributed by atoms with Gasteiger partial charge in [-0.3, -0.25) is 0 Å². The molecule has 1 aromatic carbocycles. The monoisotopic (exact) mass is 312 g/mol. The van der Waals surface area contributed by atoms with Crippen LogP contribution in [0.25, 0.3) is 11.3 Å². The third kappa shape index (κ3) is 3.87. The highest BCUT2D eigenvalue weighted by molar-refractivity contribution is 5.66. The van der Waals surface area contributed by atoms with E-state index >= 15 is 0 Å². The van der Waals surface area contributed by atoms with Crippen molar-refractivity contribution < 1.29 is 23.0 Å². The molecule has 118 valence electrons. The summed E-state index contributed by atoms with van der Waals surface area (Å²) in [5.41, 5.74) is 1.81. The Bertz CT molecular complexity index is 672. The number of benzene rings is 1. The number of phenols is 1. The quantitative estimate of drug-likeness (QED) is 0.927. The van der Waals surface area contributed by atoms with Gasteiger partial charge in [0, 0.05) is 11.8 Å². The maximum atomic E-state index is 12.4. The van der Waals surface area contributed by atoms with Crippen LogP contribution in [0.15, 0.2) is 24.4 Å². The average molecular weight is 312 g/mol. The van der Waals surface area contributed by atoms with E-state index in [4.69, 9.17) is 0 Å². The lowest BCUT2D eigenvalue weighted by Gasteiger charge is -2.13. The maximum absolute atomic E-state index is 12.4. The van der Waals surface area contributed by atoms with Gasteiger partial charge in [0.1, 0.15) is 5.82 Å². The van der Waals surface area contributed by atoms with Crippen LogP contribution in [0.4, 0.5) is 13.2 Å². The molecule has 0 atom stereocenters. The van der Waals surface area contributed by atoms with Crippen molar-refractivity contribution >= 4 is 0 Å². The summed E-state index contributed by atoms with van der Waals surface area (Å²) in [6.45, 7) is 3.69. The van der Waals surface area contributed by atoms with Crippen LogP contribution >= 0.6 is 0 Å². The SMILES string of the molecule is CCCc1cnc(C)nc1-c1ccc(O)c(OC(F)(F)F)c1. The number of halogens is 3. The Morgan fingerprint density at radius 3 is 2.64 bits per heavy atom. The summed E-state index contributed by atoms with van der Waals surface area (Å²) in [6, 6.07) is 3.78. The number of aromatic hydroxyl groups is 1. The smallest absolute Gasteiger partial charge is 0.504 e. The fourth-order valence-electron chi connectivity index (χ4n) is 2.07. The van der Waals surface area contributed by atoms with E-state index in [0.717, 1.165) is 24.1 Å². The largest absolute Gasteiger partial charge is 0.573 e. The van der Waals surface area contributed by atoms with E-state index in [-0.39, 0.29) is 0 Å². The number of aromatic nitrogens is 2. The Hall–Kier alpha value is -2.31. The van der Waals surface area contributed by atoms with Gasteiger partial charge in [-0.2, -0.15) is 0 Å². The van der Waals surface area contributed by atoms with E-state index in [2.05, 4.69) is 14.7 Å². The minimum Gasteiger partial charge on any atom is -0.504 e. The minimum absolute atomic E-state index is 0.436. The molecule has 1 N–H and O–H groups in total. The van der Waals surface area contributed by atoms with Gasteiger partial charge in [0.2, 0.25) is 0 Å². The summed E-state index contributed by atoms with van der Waals surface area (Å²) in [7, 11) is 0. The zero-order valence-electron chi connectivity index (χ0n) is 12.1. The number of ether oxygens (including phenoxy) is 1. The van der Waals surface area contributed by atoms with Crippen molar-refractivity contribution in [2.75, 3.05) is 0 Å². The number of hydrogen-bond acceptors (Lipinski definition) is 4. The molecule has 7 heteroatoms. The topological polar surface area (TPSA) is 55.2 Å². The molecular weight excluding hydrogens is 297 g/mol. The Kier molecular flexibility index (Phi) is 4.54. The molecule has 2 rings (SSSR count). The Balaban J connectivity index is 2.49. The van der Waals surface area contributed by atoms with Gasteiger partial charge in [0.25, 0.3) is 0 Å². The number of alkyl halides is 3. The van der Waals surface area contributed by atoms with Crippen LogP contribution < -0.4 is 4.74 Å². The standard InChI is InChI=1S/C15H15F3N2O2/c1-3-4-11-8-19-9(2)20-14(11)10-5-6-12(21)13(7-10)22-15(16,17)18/h5-8,21H,3-4H2,1-2H3. The van der Waals surface area contributed by atoms with E-state index in [1.807, 2.05) is 6.92 Å². The fraction of sp³-hybridized carbons (Fsp3) is 0.333. The Morgan fingerprint density at radius 1 is 1.27 bits per heavy atom. The Morgan fingerprint density at radius 2 is 2.00 bits per heavy atom. The molecule has 0 unspecified atom stereocenters.